The highest BCUT2D eigenvalue weighted by atomic mass is 32.2. The molecule has 2 heterocycles. The van der Waals surface area contributed by atoms with Crippen molar-refractivity contribution in [1.82, 2.24) is 9.80 Å². The molecule has 0 unspecified atom stereocenters. The molecule has 1 amide bonds. The summed E-state index contributed by atoms with van der Waals surface area (Å²) in [6.07, 6.45) is 0.505. The van der Waals surface area contributed by atoms with Crippen molar-refractivity contribution < 1.29 is 17.6 Å². The average molecular weight is 487 g/mol. The molecule has 1 aliphatic heterocycles. The van der Waals surface area contributed by atoms with Crippen LogP contribution in [0.1, 0.15) is 28.6 Å². The van der Waals surface area contributed by atoms with Crippen molar-refractivity contribution in [2.45, 2.75) is 24.8 Å². The Morgan fingerprint density at radius 1 is 0.970 bits per heavy atom. The lowest BCUT2D eigenvalue weighted by molar-refractivity contribution is 0.0626. The molecule has 4 rings (SSSR count). The molecule has 0 spiro atoms. The number of halogens is 1. The Kier molecular flexibility index (Phi) is 7.26. The highest BCUT2D eigenvalue weighted by molar-refractivity contribution is 7.91. The first kappa shape index (κ1) is 23.6. The van der Waals surface area contributed by atoms with Crippen molar-refractivity contribution in [3.63, 3.8) is 0 Å². The van der Waals surface area contributed by atoms with E-state index in [0.29, 0.717) is 38.2 Å². The zero-order valence-corrected chi connectivity index (χ0v) is 20.2. The van der Waals surface area contributed by atoms with Gasteiger partial charge in [0.25, 0.3) is 5.91 Å². The van der Waals surface area contributed by atoms with Crippen LogP contribution in [0.4, 0.5) is 4.39 Å². The fraction of sp³-hybridized carbons (Fsp3) is 0.320. The zero-order chi connectivity index (χ0) is 23.4. The Labute approximate surface area is 198 Å². The molecule has 0 saturated carbocycles. The number of sulfone groups is 1. The first-order chi connectivity index (χ1) is 15.9. The number of carbonyl (C=O) groups excluding carboxylic acids is 1. The van der Waals surface area contributed by atoms with E-state index in [1.165, 1.54) is 12.1 Å². The van der Waals surface area contributed by atoms with Crippen LogP contribution in [0.2, 0.25) is 0 Å². The van der Waals surface area contributed by atoms with Gasteiger partial charge in [-0.05, 0) is 36.8 Å². The smallest absolute Gasteiger partial charge is 0.255 e. The molecule has 0 aliphatic carbocycles. The number of carbonyl (C=O) groups is 1. The van der Waals surface area contributed by atoms with E-state index in [2.05, 4.69) is 4.90 Å². The quantitative estimate of drug-likeness (QED) is 0.486. The summed E-state index contributed by atoms with van der Waals surface area (Å²) in [4.78, 5) is 19.3. The van der Waals surface area contributed by atoms with Crippen LogP contribution in [0.3, 0.4) is 0 Å². The van der Waals surface area contributed by atoms with Crippen LogP contribution in [0, 0.1) is 5.82 Å². The van der Waals surface area contributed by atoms with Gasteiger partial charge in [-0.15, -0.1) is 11.3 Å². The van der Waals surface area contributed by atoms with E-state index < -0.39 is 9.84 Å². The van der Waals surface area contributed by atoms with Crippen LogP contribution in [0.25, 0.3) is 10.4 Å². The summed E-state index contributed by atoms with van der Waals surface area (Å²) in [7, 11) is -3.48. The van der Waals surface area contributed by atoms with Gasteiger partial charge in [-0.2, -0.15) is 0 Å². The second-order valence-corrected chi connectivity index (χ2v) is 11.4. The van der Waals surface area contributed by atoms with Gasteiger partial charge < -0.3 is 4.90 Å². The topological polar surface area (TPSA) is 57.7 Å². The summed E-state index contributed by atoms with van der Waals surface area (Å²) in [5, 5.41) is 0. The number of amides is 1. The third-order valence-electron chi connectivity index (χ3n) is 5.77. The Balaban J connectivity index is 1.39. The molecule has 1 aromatic heterocycles. The fourth-order valence-corrected chi connectivity index (χ4v) is 6.67. The van der Waals surface area contributed by atoms with Crippen molar-refractivity contribution >= 4 is 27.1 Å². The predicted octanol–water partition coefficient (Wildman–Crippen LogP) is 4.70. The second-order valence-electron chi connectivity index (χ2n) is 8.13. The summed E-state index contributed by atoms with van der Waals surface area (Å²) < 4.78 is 39.3. The van der Waals surface area contributed by atoms with E-state index in [1.807, 2.05) is 25.1 Å². The summed E-state index contributed by atoms with van der Waals surface area (Å²) >= 11 is 1.58. The van der Waals surface area contributed by atoms with Crippen LogP contribution in [0.15, 0.2) is 65.6 Å². The van der Waals surface area contributed by atoms with Gasteiger partial charge in [-0.3, -0.25) is 9.69 Å². The van der Waals surface area contributed by atoms with Crippen molar-refractivity contribution in [2.24, 2.45) is 0 Å². The van der Waals surface area contributed by atoms with Gasteiger partial charge in [0.2, 0.25) is 0 Å². The number of piperazine rings is 1. The molecule has 5 nitrogen and oxygen atoms in total. The lowest BCUT2D eigenvalue weighted by Gasteiger charge is -2.34. The van der Waals surface area contributed by atoms with Gasteiger partial charge in [-0.1, -0.05) is 37.3 Å². The maximum atomic E-state index is 14.1. The van der Waals surface area contributed by atoms with Gasteiger partial charge in [0.1, 0.15) is 5.82 Å². The summed E-state index contributed by atoms with van der Waals surface area (Å²) in [6.45, 7) is 5.01. The van der Waals surface area contributed by atoms with E-state index in [4.69, 9.17) is 0 Å². The minimum absolute atomic E-state index is 0.0285. The molecule has 33 heavy (non-hydrogen) atoms. The van der Waals surface area contributed by atoms with Crippen molar-refractivity contribution in [1.29, 1.82) is 0 Å². The third kappa shape index (κ3) is 5.34. The molecule has 2 aromatic carbocycles. The normalized spacial score (nSPS) is 15.0. The summed E-state index contributed by atoms with van der Waals surface area (Å²) in [6, 6.07) is 17.2. The maximum absolute atomic E-state index is 14.1. The molecule has 1 saturated heterocycles. The Morgan fingerprint density at radius 3 is 2.39 bits per heavy atom. The van der Waals surface area contributed by atoms with Gasteiger partial charge in [0, 0.05) is 48.0 Å². The number of nitrogens with zero attached hydrogens (tertiary/aromatic N) is 2. The third-order valence-corrected chi connectivity index (χ3v) is 8.84. The standard InChI is InChI=1S/C25H27FN2O3S2/c1-2-17-33(30,31)24-10-6-4-8-21(24)25(29)28-15-13-27(14-16-28)18-19-11-12-23(32-19)20-7-3-5-9-22(20)26/h3-12H,2,13-18H2,1H3. The van der Waals surface area contributed by atoms with Crippen molar-refractivity contribution in [2.75, 3.05) is 31.9 Å². The first-order valence-corrected chi connectivity index (χ1v) is 13.5. The first-order valence-electron chi connectivity index (χ1n) is 11.1. The lowest BCUT2D eigenvalue weighted by Crippen LogP contribution is -2.48. The number of thiophene rings is 1. The van der Waals surface area contributed by atoms with Crippen molar-refractivity contribution in [3.8, 4) is 10.4 Å². The van der Waals surface area contributed by atoms with Gasteiger partial charge in [0.05, 0.1) is 16.2 Å². The van der Waals surface area contributed by atoms with Gasteiger partial charge in [0.15, 0.2) is 9.84 Å². The minimum atomic E-state index is -3.48. The predicted molar refractivity (Wildman–Crippen MR) is 130 cm³/mol. The van der Waals surface area contributed by atoms with Crippen molar-refractivity contribution in [3.05, 3.63) is 76.9 Å². The summed E-state index contributed by atoms with van der Waals surface area (Å²) in [5.41, 5.74) is 0.869. The molecule has 1 fully saturated rings. The molecular weight excluding hydrogens is 459 g/mol. The lowest BCUT2D eigenvalue weighted by atomic mass is 10.1. The molecular formula is C25H27FN2O3S2. The number of rotatable bonds is 7. The van der Waals surface area contributed by atoms with E-state index in [1.54, 1.807) is 46.6 Å². The molecule has 174 valence electrons. The van der Waals surface area contributed by atoms with E-state index in [-0.39, 0.29) is 27.9 Å². The second kappa shape index (κ2) is 10.2. The Morgan fingerprint density at radius 2 is 1.67 bits per heavy atom. The SMILES string of the molecule is CCCS(=O)(=O)c1ccccc1C(=O)N1CCN(Cc2ccc(-c3ccccc3F)s2)CC1. The van der Waals surface area contributed by atoms with E-state index in [9.17, 15) is 17.6 Å². The molecule has 3 aromatic rings. The largest absolute Gasteiger partial charge is 0.336 e. The molecule has 0 atom stereocenters. The van der Waals surface area contributed by atoms with Crippen LogP contribution < -0.4 is 0 Å². The van der Waals surface area contributed by atoms with Gasteiger partial charge in [-0.25, -0.2) is 12.8 Å². The fourth-order valence-electron chi connectivity index (χ4n) is 4.06. The molecule has 0 N–H and O–H groups in total. The molecule has 1 aliphatic rings. The Bertz CT molecular complexity index is 1230. The molecule has 0 radical (unpaired) electrons. The van der Waals surface area contributed by atoms with E-state index >= 15 is 0 Å². The van der Waals surface area contributed by atoms with Crippen LogP contribution >= 0.6 is 11.3 Å². The average Bonchev–Trinajstić information content (AvgIpc) is 3.27. The highest BCUT2D eigenvalue weighted by Gasteiger charge is 2.27. The number of benzene rings is 2. The number of hydrogen-bond donors (Lipinski definition) is 0. The summed E-state index contributed by atoms with van der Waals surface area (Å²) in [5.74, 6) is -0.428. The maximum Gasteiger partial charge on any atom is 0.255 e. The van der Waals surface area contributed by atoms with Gasteiger partial charge >= 0.3 is 0 Å². The highest BCUT2D eigenvalue weighted by Crippen LogP contribution is 2.31. The van der Waals surface area contributed by atoms with Crippen LogP contribution in [-0.2, 0) is 16.4 Å². The molecule has 8 heteroatoms. The monoisotopic (exact) mass is 486 g/mol. The molecule has 0 bridgehead atoms. The minimum Gasteiger partial charge on any atom is -0.336 e. The Hall–Kier alpha value is -2.55. The van der Waals surface area contributed by atoms with E-state index in [0.717, 1.165) is 16.3 Å². The van der Waals surface area contributed by atoms with Crippen LogP contribution in [0.5, 0.6) is 0 Å². The van der Waals surface area contributed by atoms with Crippen LogP contribution in [-0.4, -0.2) is 56.1 Å². The zero-order valence-electron chi connectivity index (χ0n) is 18.5. The number of hydrogen-bond acceptors (Lipinski definition) is 5.